The molecule has 0 spiro atoms. The number of thiophene rings is 1. The smallest absolute Gasteiger partial charge is 0.253 e. The van der Waals surface area contributed by atoms with Gasteiger partial charge >= 0.3 is 0 Å². The Morgan fingerprint density at radius 2 is 2.27 bits per heavy atom. The number of rotatable bonds is 2. The van der Waals surface area contributed by atoms with E-state index in [9.17, 15) is 4.79 Å². The second kappa shape index (κ2) is 4.08. The summed E-state index contributed by atoms with van der Waals surface area (Å²) < 4.78 is 0.717. The van der Waals surface area contributed by atoms with Crippen molar-refractivity contribution in [1.82, 2.24) is 10.3 Å². The van der Waals surface area contributed by atoms with Crippen LogP contribution in [0.1, 0.15) is 10.4 Å². The number of aromatic amines is 1. The van der Waals surface area contributed by atoms with E-state index in [2.05, 4.69) is 10.3 Å². The number of carbonyl (C=O) groups excluding carboxylic acids is 1. The maximum atomic E-state index is 11.5. The lowest BCUT2D eigenvalue weighted by Gasteiger charge is -1.99. The van der Waals surface area contributed by atoms with Crippen LogP contribution in [-0.2, 0) is 0 Å². The van der Waals surface area contributed by atoms with E-state index >= 15 is 0 Å². The Hall–Kier alpha value is -1.26. The van der Waals surface area contributed by atoms with Crippen molar-refractivity contribution < 1.29 is 4.79 Å². The highest BCUT2D eigenvalue weighted by Gasteiger charge is 2.13. The lowest BCUT2D eigenvalue weighted by atomic mass is 10.1. The van der Waals surface area contributed by atoms with Crippen molar-refractivity contribution in [2.24, 2.45) is 0 Å². The number of hydrogen-bond donors (Lipinski definition) is 2. The van der Waals surface area contributed by atoms with Crippen molar-refractivity contribution in [1.29, 1.82) is 0 Å². The summed E-state index contributed by atoms with van der Waals surface area (Å²) in [6, 6.07) is 3.73. The second-order valence-corrected chi connectivity index (χ2v) is 4.68. The van der Waals surface area contributed by atoms with Gasteiger partial charge in [-0.05, 0) is 12.1 Å². The molecule has 3 nitrogen and oxygen atoms in total. The first-order valence-corrected chi connectivity index (χ1v) is 5.56. The highest BCUT2D eigenvalue weighted by molar-refractivity contribution is 7.19. The van der Waals surface area contributed by atoms with Gasteiger partial charge in [-0.1, -0.05) is 11.6 Å². The zero-order valence-corrected chi connectivity index (χ0v) is 9.58. The molecule has 78 valence electrons. The van der Waals surface area contributed by atoms with Crippen LogP contribution in [0.25, 0.3) is 10.4 Å². The summed E-state index contributed by atoms with van der Waals surface area (Å²) >= 11 is 7.30. The Labute approximate surface area is 96.1 Å². The molecule has 0 unspecified atom stereocenters. The van der Waals surface area contributed by atoms with Gasteiger partial charge in [0.15, 0.2) is 0 Å². The quantitative estimate of drug-likeness (QED) is 0.833. The molecular weight excluding hydrogens is 232 g/mol. The molecule has 0 atom stereocenters. The molecule has 0 aliphatic rings. The fourth-order valence-corrected chi connectivity index (χ4v) is 2.42. The van der Waals surface area contributed by atoms with E-state index in [0.29, 0.717) is 9.90 Å². The normalized spacial score (nSPS) is 10.3. The molecule has 2 aromatic rings. The molecule has 2 heterocycles. The molecule has 1 amide bonds. The van der Waals surface area contributed by atoms with Crippen LogP contribution in [-0.4, -0.2) is 17.9 Å². The van der Waals surface area contributed by atoms with Crippen LogP contribution in [0.2, 0.25) is 4.34 Å². The number of halogens is 1. The number of hydrogen-bond acceptors (Lipinski definition) is 2. The maximum Gasteiger partial charge on any atom is 0.253 e. The molecule has 0 bridgehead atoms. The highest BCUT2D eigenvalue weighted by atomic mass is 35.5. The topological polar surface area (TPSA) is 44.9 Å². The largest absolute Gasteiger partial charge is 0.366 e. The maximum absolute atomic E-state index is 11.5. The standard InChI is InChI=1S/C10H9ClN2OS/c1-12-10(14)7-5-13-4-6(7)8-2-3-9(11)15-8/h2-5,13H,1H3,(H,12,14). The fraction of sp³-hybridized carbons (Fsp3) is 0.100. The monoisotopic (exact) mass is 240 g/mol. The average molecular weight is 241 g/mol. The molecule has 2 rings (SSSR count). The van der Waals surface area contributed by atoms with Gasteiger partial charge in [-0.3, -0.25) is 4.79 Å². The van der Waals surface area contributed by atoms with Crippen molar-refractivity contribution in [2.45, 2.75) is 0 Å². The molecular formula is C10H9ClN2OS. The van der Waals surface area contributed by atoms with E-state index in [4.69, 9.17) is 11.6 Å². The Balaban J connectivity index is 2.45. The summed E-state index contributed by atoms with van der Waals surface area (Å²) in [5.74, 6) is -0.101. The lowest BCUT2D eigenvalue weighted by molar-refractivity contribution is 0.0964. The van der Waals surface area contributed by atoms with Gasteiger partial charge in [0.2, 0.25) is 0 Å². The van der Waals surface area contributed by atoms with Crippen LogP contribution in [0.4, 0.5) is 0 Å². The minimum absolute atomic E-state index is 0.101. The highest BCUT2D eigenvalue weighted by Crippen LogP contribution is 2.32. The minimum Gasteiger partial charge on any atom is -0.366 e. The van der Waals surface area contributed by atoms with Gasteiger partial charge in [-0.15, -0.1) is 11.3 Å². The van der Waals surface area contributed by atoms with E-state index < -0.39 is 0 Å². The molecule has 5 heteroatoms. The molecule has 0 saturated heterocycles. The summed E-state index contributed by atoms with van der Waals surface area (Å²) in [5, 5.41) is 2.60. The molecule has 2 N–H and O–H groups in total. The first-order chi connectivity index (χ1) is 7.22. The van der Waals surface area contributed by atoms with E-state index in [-0.39, 0.29) is 5.91 Å². The molecule has 0 aromatic carbocycles. The second-order valence-electron chi connectivity index (χ2n) is 2.97. The van der Waals surface area contributed by atoms with Crippen molar-refractivity contribution in [3.8, 4) is 10.4 Å². The molecule has 0 fully saturated rings. The van der Waals surface area contributed by atoms with E-state index in [0.717, 1.165) is 10.4 Å². The summed E-state index contributed by atoms with van der Waals surface area (Å²) in [6.07, 6.45) is 3.48. The number of aromatic nitrogens is 1. The van der Waals surface area contributed by atoms with Crippen LogP contribution >= 0.6 is 22.9 Å². The van der Waals surface area contributed by atoms with Crippen LogP contribution in [0, 0.1) is 0 Å². The van der Waals surface area contributed by atoms with Crippen molar-refractivity contribution in [2.75, 3.05) is 7.05 Å². The molecule has 0 radical (unpaired) electrons. The number of carbonyl (C=O) groups is 1. The third-order valence-corrected chi connectivity index (χ3v) is 3.32. The lowest BCUT2D eigenvalue weighted by Crippen LogP contribution is -2.17. The SMILES string of the molecule is CNC(=O)c1c[nH]cc1-c1ccc(Cl)s1. The Morgan fingerprint density at radius 1 is 1.47 bits per heavy atom. The van der Waals surface area contributed by atoms with Gasteiger partial charge in [0.25, 0.3) is 5.91 Å². The van der Waals surface area contributed by atoms with Crippen molar-refractivity contribution in [3.63, 3.8) is 0 Å². The van der Waals surface area contributed by atoms with Gasteiger partial charge in [0.1, 0.15) is 0 Å². The fourth-order valence-electron chi connectivity index (χ4n) is 1.35. The summed E-state index contributed by atoms with van der Waals surface area (Å²) in [5.41, 5.74) is 1.52. The van der Waals surface area contributed by atoms with Gasteiger partial charge < -0.3 is 10.3 Å². The first kappa shape index (κ1) is 10.3. The van der Waals surface area contributed by atoms with E-state index in [1.807, 2.05) is 12.1 Å². The third kappa shape index (κ3) is 1.91. The zero-order chi connectivity index (χ0) is 10.8. The molecule has 0 aliphatic carbocycles. The average Bonchev–Trinajstić information content (AvgIpc) is 2.84. The van der Waals surface area contributed by atoms with Crippen molar-refractivity contribution >= 4 is 28.8 Å². The van der Waals surface area contributed by atoms with Crippen LogP contribution in [0.3, 0.4) is 0 Å². The molecule has 15 heavy (non-hydrogen) atoms. The zero-order valence-electron chi connectivity index (χ0n) is 8.00. The summed E-state index contributed by atoms with van der Waals surface area (Å²) in [7, 11) is 1.61. The minimum atomic E-state index is -0.101. The van der Waals surface area contributed by atoms with E-state index in [1.54, 1.807) is 19.4 Å². The predicted octanol–water partition coefficient (Wildman–Crippen LogP) is 2.76. The first-order valence-electron chi connectivity index (χ1n) is 4.37. The molecule has 2 aromatic heterocycles. The number of nitrogens with one attached hydrogen (secondary N) is 2. The van der Waals surface area contributed by atoms with Crippen LogP contribution < -0.4 is 5.32 Å². The summed E-state index contributed by atoms with van der Waals surface area (Å²) in [4.78, 5) is 15.4. The van der Waals surface area contributed by atoms with Gasteiger partial charge in [0.05, 0.1) is 9.90 Å². The Bertz CT molecular complexity index is 489. The number of H-pyrrole nitrogens is 1. The Morgan fingerprint density at radius 3 is 2.87 bits per heavy atom. The third-order valence-electron chi connectivity index (χ3n) is 2.06. The Kier molecular flexibility index (Phi) is 2.79. The molecule has 0 saturated carbocycles. The van der Waals surface area contributed by atoms with Gasteiger partial charge in [0, 0.05) is 29.9 Å². The van der Waals surface area contributed by atoms with Crippen LogP contribution in [0.15, 0.2) is 24.5 Å². The number of amides is 1. The van der Waals surface area contributed by atoms with E-state index in [1.165, 1.54) is 11.3 Å². The van der Waals surface area contributed by atoms with Gasteiger partial charge in [-0.25, -0.2) is 0 Å². The van der Waals surface area contributed by atoms with Crippen molar-refractivity contribution in [3.05, 3.63) is 34.4 Å². The molecule has 0 aliphatic heterocycles. The van der Waals surface area contributed by atoms with Gasteiger partial charge in [-0.2, -0.15) is 0 Å². The van der Waals surface area contributed by atoms with Crippen LogP contribution in [0.5, 0.6) is 0 Å². The summed E-state index contributed by atoms with van der Waals surface area (Å²) in [6.45, 7) is 0. The predicted molar refractivity (Wildman–Crippen MR) is 62.5 cm³/mol.